The van der Waals surface area contributed by atoms with Crippen LogP contribution in [0.15, 0.2) is 66.9 Å². The first-order chi connectivity index (χ1) is 22.3. The van der Waals surface area contributed by atoms with Crippen LogP contribution in [0.25, 0.3) is 33.3 Å². The summed E-state index contributed by atoms with van der Waals surface area (Å²) in [6, 6.07) is 18.9. The molecule has 0 saturated carbocycles. The van der Waals surface area contributed by atoms with Crippen LogP contribution in [0.3, 0.4) is 0 Å². The Balaban J connectivity index is 1.09. The Kier molecular flexibility index (Phi) is 9.82. The van der Waals surface area contributed by atoms with Gasteiger partial charge in [0.2, 0.25) is 0 Å². The Morgan fingerprint density at radius 2 is 1.89 bits per heavy atom. The van der Waals surface area contributed by atoms with E-state index in [1.165, 1.54) is 17.7 Å². The molecular weight excluding hydrogens is 605 g/mol. The van der Waals surface area contributed by atoms with E-state index in [4.69, 9.17) is 21.1 Å². The van der Waals surface area contributed by atoms with Crippen molar-refractivity contribution in [2.75, 3.05) is 26.8 Å². The Morgan fingerprint density at radius 3 is 2.65 bits per heavy atom. The van der Waals surface area contributed by atoms with Crippen molar-refractivity contribution in [2.45, 2.75) is 46.4 Å². The number of carbonyl (C=O) groups is 1. The standard InChI is InChI=1S/C36H39ClFN5O3/c1-23(2)21-46-36(44)35-34(30-17-27(38)9-11-32(30)39-35)33-20-43(41-40-33)19-24-12-14-42(15-13-24)18-25-8-10-29(31(37)16-25)28-7-5-4-6-26(28)22-45-3/h4-11,16-17,20,23-24,39H,12-15,18-19,21-22H2,1-3H3. The summed E-state index contributed by atoms with van der Waals surface area (Å²) in [6.07, 6.45) is 3.89. The number of likely N-dealkylation sites (tertiary alicyclic amines) is 1. The molecule has 0 bridgehead atoms. The average Bonchev–Trinajstić information content (AvgIpc) is 3.65. The van der Waals surface area contributed by atoms with Crippen molar-refractivity contribution in [3.63, 3.8) is 0 Å². The van der Waals surface area contributed by atoms with E-state index < -0.39 is 5.97 Å². The number of methoxy groups -OCH3 is 1. The molecule has 1 aliphatic heterocycles. The zero-order chi connectivity index (χ0) is 32.2. The van der Waals surface area contributed by atoms with E-state index in [0.717, 1.165) is 54.2 Å². The molecule has 10 heteroatoms. The number of piperidine rings is 1. The zero-order valence-corrected chi connectivity index (χ0v) is 27.2. The molecule has 2 aromatic heterocycles. The van der Waals surface area contributed by atoms with Gasteiger partial charge in [-0.15, -0.1) is 5.10 Å². The number of aromatic nitrogens is 4. The van der Waals surface area contributed by atoms with Crippen LogP contribution in [-0.2, 0) is 29.2 Å². The number of hydrogen-bond acceptors (Lipinski definition) is 6. The molecule has 0 spiro atoms. The van der Waals surface area contributed by atoms with Crippen LogP contribution in [0.2, 0.25) is 5.02 Å². The average molecular weight is 644 g/mol. The van der Waals surface area contributed by atoms with Crippen molar-refractivity contribution in [2.24, 2.45) is 11.8 Å². The van der Waals surface area contributed by atoms with E-state index >= 15 is 0 Å². The van der Waals surface area contributed by atoms with Crippen LogP contribution in [0.1, 0.15) is 48.3 Å². The minimum Gasteiger partial charge on any atom is -0.461 e. The number of nitrogens with zero attached hydrogens (tertiary/aromatic N) is 4. The van der Waals surface area contributed by atoms with Crippen LogP contribution in [0, 0.1) is 17.7 Å². The first-order valence-electron chi connectivity index (χ1n) is 15.8. The van der Waals surface area contributed by atoms with Crippen LogP contribution in [0.5, 0.6) is 0 Å². The van der Waals surface area contributed by atoms with Crippen molar-refractivity contribution >= 4 is 28.5 Å². The Labute approximate surface area is 273 Å². The lowest BCUT2D eigenvalue weighted by Crippen LogP contribution is -2.34. The SMILES string of the molecule is COCc1ccccc1-c1ccc(CN2CCC(Cn3cc(-c4c(C(=O)OCC(C)C)[nH]c5ccc(F)cc45)nn3)CC2)cc1Cl. The van der Waals surface area contributed by atoms with Gasteiger partial charge in [-0.1, -0.05) is 67.1 Å². The fraction of sp³-hybridized carbons (Fsp3) is 0.361. The van der Waals surface area contributed by atoms with Gasteiger partial charge in [0.05, 0.1) is 19.4 Å². The maximum Gasteiger partial charge on any atom is 0.355 e. The first-order valence-corrected chi connectivity index (χ1v) is 16.1. The van der Waals surface area contributed by atoms with Gasteiger partial charge in [0, 0.05) is 47.3 Å². The molecule has 1 N–H and O–H groups in total. The largest absolute Gasteiger partial charge is 0.461 e. The van der Waals surface area contributed by atoms with Crippen molar-refractivity contribution < 1.29 is 18.7 Å². The molecule has 1 saturated heterocycles. The highest BCUT2D eigenvalue weighted by Gasteiger charge is 2.25. The molecular formula is C36H39ClFN5O3. The summed E-state index contributed by atoms with van der Waals surface area (Å²) in [7, 11) is 1.70. The number of H-pyrrole nitrogens is 1. The van der Waals surface area contributed by atoms with Crippen LogP contribution in [-0.4, -0.2) is 57.7 Å². The monoisotopic (exact) mass is 643 g/mol. The number of hydrogen-bond donors (Lipinski definition) is 1. The molecule has 0 aliphatic carbocycles. The second kappa shape index (κ2) is 14.2. The summed E-state index contributed by atoms with van der Waals surface area (Å²) in [5.74, 6) is -0.257. The molecule has 0 amide bonds. The Hall–Kier alpha value is -4.05. The van der Waals surface area contributed by atoms with E-state index in [9.17, 15) is 9.18 Å². The number of halogens is 2. The molecule has 1 aliphatic rings. The number of esters is 1. The summed E-state index contributed by atoms with van der Waals surface area (Å²) < 4.78 is 27.0. The molecule has 1 fully saturated rings. The van der Waals surface area contributed by atoms with Gasteiger partial charge >= 0.3 is 5.97 Å². The molecule has 5 aromatic rings. The molecule has 0 radical (unpaired) electrons. The lowest BCUT2D eigenvalue weighted by Gasteiger charge is -2.32. The van der Waals surface area contributed by atoms with Gasteiger partial charge < -0.3 is 14.5 Å². The second-order valence-electron chi connectivity index (χ2n) is 12.5. The summed E-state index contributed by atoms with van der Waals surface area (Å²) in [6.45, 7) is 8.27. The Bertz CT molecular complexity index is 1830. The first kappa shape index (κ1) is 31.9. The highest BCUT2D eigenvalue weighted by Crippen LogP contribution is 2.34. The lowest BCUT2D eigenvalue weighted by atomic mass is 9.96. The smallest absolute Gasteiger partial charge is 0.355 e. The third kappa shape index (κ3) is 7.17. The number of aromatic amines is 1. The molecule has 3 heterocycles. The van der Waals surface area contributed by atoms with Crippen LogP contribution >= 0.6 is 11.6 Å². The van der Waals surface area contributed by atoms with Crippen molar-refractivity contribution in [3.05, 3.63) is 94.5 Å². The molecule has 240 valence electrons. The van der Waals surface area contributed by atoms with E-state index in [-0.39, 0.29) is 24.0 Å². The quantitative estimate of drug-likeness (QED) is 0.148. The van der Waals surface area contributed by atoms with Gasteiger partial charge in [0.15, 0.2) is 0 Å². The fourth-order valence-corrected chi connectivity index (χ4v) is 6.49. The Morgan fingerprint density at radius 1 is 1.09 bits per heavy atom. The summed E-state index contributed by atoms with van der Waals surface area (Å²) in [4.78, 5) is 18.6. The van der Waals surface area contributed by atoms with Gasteiger partial charge in [-0.25, -0.2) is 9.18 Å². The number of nitrogens with one attached hydrogen (secondary N) is 1. The summed E-state index contributed by atoms with van der Waals surface area (Å²) >= 11 is 6.78. The summed E-state index contributed by atoms with van der Waals surface area (Å²) in [5, 5.41) is 10.1. The lowest BCUT2D eigenvalue weighted by molar-refractivity contribution is 0.0454. The highest BCUT2D eigenvalue weighted by molar-refractivity contribution is 6.33. The number of fused-ring (bicyclic) bond motifs is 1. The van der Waals surface area contributed by atoms with Crippen molar-refractivity contribution in [3.8, 4) is 22.4 Å². The number of benzene rings is 3. The van der Waals surface area contributed by atoms with Gasteiger partial charge in [0.25, 0.3) is 0 Å². The molecule has 0 unspecified atom stereocenters. The third-order valence-corrected chi connectivity index (χ3v) is 8.82. The number of ether oxygens (including phenoxy) is 2. The topological polar surface area (TPSA) is 85.3 Å². The zero-order valence-electron chi connectivity index (χ0n) is 26.4. The minimum atomic E-state index is -0.492. The highest BCUT2D eigenvalue weighted by atomic mass is 35.5. The van der Waals surface area contributed by atoms with Crippen molar-refractivity contribution in [1.29, 1.82) is 0 Å². The summed E-state index contributed by atoms with van der Waals surface area (Å²) in [5.41, 5.74) is 6.33. The van der Waals surface area contributed by atoms with E-state index in [1.807, 2.05) is 36.9 Å². The number of rotatable bonds is 11. The molecule has 8 nitrogen and oxygen atoms in total. The van der Waals surface area contributed by atoms with E-state index in [0.29, 0.717) is 41.2 Å². The predicted molar refractivity (Wildman–Crippen MR) is 178 cm³/mol. The molecule has 6 rings (SSSR count). The van der Waals surface area contributed by atoms with Crippen molar-refractivity contribution in [1.82, 2.24) is 24.9 Å². The number of carbonyl (C=O) groups excluding carboxylic acids is 1. The van der Waals surface area contributed by atoms with Gasteiger partial charge in [-0.2, -0.15) is 0 Å². The van der Waals surface area contributed by atoms with E-state index in [1.54, 1.807) is 13.2 Å². The van der Waals surface area contributed by atoms with Gasteiger partial charge in [0.1, 0.15) is 17.2 Å². The minimum absolute atomic E-state index is 0.189. The second-order valence-corrected chi connectivity index (χ2v) is 12.9. The van der Waals surface area contributed by atoms with E-state index in [2.05, 4.69) is 50.5 Å². The van der Waals surface area contributed by atoms with Crippen LogP contribution < -0.4 is 0 Å². The fourth-order valence-electron chi connectivity index (χ4n) is 6.19. The van der Waals surface area contributed by atoms with Gasteiger partial charge in [-0.05, 0) is 78.7 Å². The molecule has 46 heavy (non-hydrogen) atoms. The maximum atomic E-state index is 14.2. The molecule has 0 atom stereocenters. The predicted octanol–water partition coefficient (Wildman–Crippen LogP) is 7.76. The molecule has 3 aromatic carbocycles. The third-order valence-electron chi connectivity index (χ3n) is 8.51. The van der Waals surface area contributed by atoms with Gasteiger partial charge in [-0.3, -0.25) is 9.58 Å². The maximum absolute atomic E-state index is 14.2. The van der Waals surface area contributed by atoms with Crippen LogP contribution in [0.4, 0.5) is 4.39 Å². The normalized spacial score (nSPS) is 14.4.